The van der Waals surface area contributed by atoms with Crippen molar-refractivity contribution in [2.45, 2.75) is 13.8 Å². The topological polar surface area (TPSA) is 80.3 Å². The van der Waals surface area contributed by atoms with E-state index in [9.17, 15) is 8.42 Å². The molecule has 0 saturated carbocycles. The number of hydrogen-bond donors (Lipinski definition) is 2. The number of fused-ring (bicyclic) bond motifs is 2. The van der Waals surface area contributed by atoms with E-state index in [1.165, 1.54) is 0 Å². The number of aromatic nitrogens is 1. The Balaban J connectivity index is 0.00000124. The average molecular weight is 424 g/mol. The highest BCUT2D eigenvalue weighted by Gasteiger charge is 2.12. The van der Waals surface area contributed by atoms with Crippen molar-refractivity contribution in [1.82, 2.24) is 4.98 Å². The van der Waals surface area contributed by atoms with E-state index in [0.717, 1.165) is 39.4 Å². The smallest absolute Gasteiger partial charge is 0.229 e. The van der Waals surface area contributed by atoms with E-state index >= 15 is 0 Å². The summed E-state index contributed by atoms with van der Waals surface area (Å²) >= 11 is 0. The minimum atomic E-state index is -3.37. The van der Waals surface area contributed by atoms with Crippen LogP contribution in [0.1, 0.15) is 13.8 Å². The minimum Gasteiger partial charge on any atom is -0.494 e. The second kappa shape index (κ2) is 9.00. The van der Waals surface area contributed by atoms with Gasteiger partial charge in [0.25, 0.3) is 0 Å². The first-order valence-corrected chi connectivity index (χ1v) is 11.5. The van der Waals surface area contributed by atoms with Gasteiger partial charge in [-0.25, -0.2) is 13.4 Å². The highest BCUT2D eigenvalue weighted by atomic mass is 32.2. The molecule has 0 aliphatic heterocycles. The molecule has 0 spiro atoms. The van der Waals surface area contributed by atoms with Crippen molar-refractivity contribution in [2.24, 2.45) is 0 Å². The van der Waals surface area contributed by atoms with Gasteiger partial charge >= 0.3 is 0 Å². The molecule has 0 aliphatic rings. The van der Waals surface area contributed by atoms with Crippen molar-refractivity contribution in [3.8, 4) is 5.75 Å². The Labute approximate surface area is 177 Å². The van der Waals surface area contributed by atoms with Crippen molar-refractivity contribution in [3.05, 3.63) is 66.7 Å². The predicted octanol–water partition coefficient (Wildman–Crippen LogP) is 5.54. The fraction of sp³-hybridized carbons (Fsp3) is 0.174. The van der Waals surface area contributed by atoms with E-state index < -0.39 is 10.0 Å². The molecule has 2 N–H and O–H groups in total. The standard InChI is InChI=1S/C21H19N3O3S.C2H6/c1-27-20-13-14(24-28(2,25)26)11-12-19(20)23-21-15-7-3-5-9-17(15)22-18-10-6-4-8-16(18)21;1-2/h3-13,24H,1-2H3,(H,22,23);1-2H3. The quantitative estimate of drug-likeness (QED) is 0.412. The molecule has 0 atom stereocenters. The zero-order valence-electron chi connectivity index (χ0n) is 17.4. The Morgan fingerprint density at radius 1 is 0.867 bits per heavy atom. The lowest BCUT2D eigenvalue weighted by molar-refractivity contribution is 0.417. The molecule has 0 fully saturated rings. The second-order valence-corrected chi connectivity index (χ2v) is 8.18. The maximum Gasteiger partial charge on any atom is 0.229 e. The molecule has 0 radical (unpaired) electrons. The molecule has 156 valence electrons. The van der Waals surface area contributed by atoms with Crippen molar-refractivity contribution < 1.29 is 13.2 Å². The lowest BCUT2D eigenvalue weighted by Gasteiger charge is -2.16. The Bertz CT molecular complexity index is 1230. The Morgan fingerprint density at radius 2 is 1.43 bits per heavy atom. The highest BCUT2D eigenvalue weighted by Crippen LogP contribution is 2.37. The van der Waals surface area contributed by atoms with Crippen LogP contribution in [0, 0.1) is 0 Å². The van der Waals surface area contributed by atoms with Gasteiger partial charge in [0.05, 0.1) is 41.5 Å². The Hall–Kier alpha value is -3.32. The maximum absolute atomic E-state index is 11.5. The first-order chi connectivity index (χ1) is 14.4. The third-order valence-corrected chi connectivity index (χ3v) is 4.96. The van der Waals surface area contributed by atoms with E-state index in [1.54, 1.807) is 25.3 Å². The number of benzene rings is 3. The summed E-state index contributed by atoms with van der Waals surface area (Å²) in [6.45, 7) is 4.00. The van der Waals surface area contributed by atoms with E-state index in [-0.39, 0.29) is 0 Å². The second-order valence-electron chi connectivity index (χ2n) is 6.44. The van der Waals surface area contributed by atoms with Gasteiger partial charge in [-0.2, -0.15) is 0 Å². The number of sulfonamides is 1. The van der Waals surface area contributed by atoms with Gasteiger partial charge in [-0.15, -0.1) is 0 Å². The lowest BCUT2D eigenvalue weighted by atomic mass is 10.1. The fourth-order valence-electron chi connectivity index (χ4n) is 3.18. The van der Waals surface area contributed by atoms with E-state index in [2.05, 4.69) is 10.0 Å². The number of ether oxygens (including phenoxy) is 1. The highest BCUT2D eigenvalue weighted by molar-refractivity contribution is 7.92. The number of pyridine rings is 1. The zero-order chi connectivity index (χ0) is 21.7. The van der Waals surface area contributed by atoms with Crippen LogP contribution in [0.4, 0.5) is 17.1 Å². The third kappa shape index (κ3) is 4.63. The predicted molar refractivity (Wildman–Crippen MR) is 125 cm³/mol. The average Bonchev–Trinajstić information content (AvgIpc) is 2.74. The normalized spacial score (nSPS) is 10.9. The van der Waals surface area contributed by atoms with Gasteiger partial charge in [0, 0.05) is 16.8 Å². The van der Waals surface area contributed by atoms with Crippen LogP contribution < -0.4 is 14.8 Å². The lowest BCUT2D eigenvalue weighted by Crippen LogP contribution is -2.09. The molecule has 30 heavy (non-hydrogen) atoms. The first-order valence-electron chi connectivity index (χ1n) is 9.65. The molecule has 6 nitrogen and oxygen atoms in total. The van der Waals surface area contributed by atoms with Crippen molar-refractivity contribution >= 4 is 48.9 Å². The van der Waals surface area contributed by atoms with Crippen LogP contribution >= 0.6 is 0 Å². The van der Waals surface area contributed by atoms with Crippen LogP contribution in [0.5, 0.6) is 5.75 Å². The zero-order valence-corrected chi connectivity index (χ0v) is 18.2. The van der Waals surface area contributed by atoms with E-state index in [1.807, 2.05) is 62.4 Å². The molecule has 0 unspecified atom stereocenters. The molecular formula is C23H25N3O3S. The number of hydrogen-bond acceptors (Lipinski definition) is 5. The van der Waals surface area contributed by atoms with Crippen LogP contribution in [0.2, 0.25) is 0 Å². The van der Waals surface area contributed by atoms with Gasteiger partial charge in [0.2, 0.25) is 10.0 Å². The van der Waals surface area contributed by atoms with Gasteiger partial charge in [-0.05, 0) is 24.3 Å². The van der Waals surface area contributed by atoms with Gasteiger partial charge in [-0.1, -0.05) is 50.2 Å². The summed E-state index contributed by atoms with van der Waals surface area (Å²) in [6.07, 6.45) is 1.11. The summed E-state index contributed by atoms with van der Waals surface area (Å²) in [5, 5.41) is 5.43. The van der Waals surface area contributed by atoms with Gasteiger partial charge in [0.15, 0.2) is 0 Å². The van der Waals surface area contributed by atoms with Crippen LogP contribution in [0.25, 0.3) is 21.8 Å². The molecule has 4 rings (SSSR count). The number of anilines is 3. The van der Waals surface area contributed by atoms with E-state index in [4.69, 9.17) is 9.72 Å². The van der Waals surface area contributed by atoms with Crippen LogP contribution in [0.3, 0.4) is 0 Å². The SMILES string of the molecule is CC.COc1cc(NS(C)(=O)=O)ccc1Nc1c2ccccc2nc2ccccc12. The molecule has 4 aromatic rings. The summed E-state index contributed by atoms with van der Waals surface area (Å²) in [4.78, 5) is 4.73. The van der Waals surface area contributed by atoms with Crippen molar-refractivity contribution in [3.63, 3.8) is 0 Å². The molecular weight excluding hydrogens is 398 g/mol. The summed E-state index contributed by atoms with van der Waals surface area (Å²) in [5.41, 5.74) is 3.86. The minimum absolute atomic E-state index is 0.439. The number of nitrogens with zero attached hydrogens (tertiary/aromatic N) is 1. The number of nitrogens with one attached hydrogen (secondary N) is 2. The van der Waals surface area contributed by atoms with E-state index in [0.29, 0.717) is 11.4 Å². The number of rotatable bonds is 5. The Morgan fingerprint density at radius 3 is 1.97 bits per heavy atom. The molecule has 0 saturated heterocycles. The molecule has 7 heteroatoms. The van der Waals surface area contributed by atoms with Gasteiger partial charge in [0.1, 0.15) is 5.75 Å². The molecule has 0 bridgehead atoms. The van der Waals surface area contributed by atoms with Crippen LogP contribution in [0.15, 0.2) is 66.7 Å². The van der Waals surface area contributed by atoms with Crippen LogP contribution in [-0.2, 0) is 10.0 Å². The number of methoxy groups -OCH3 is 1. The fourth-order valence-corrected chi connectivity index (χ4v) is 3.74. The molecule has 1 heterocycles. The molecule has 3 aromatic carbocycles. The maximum atomic E-state index is 11.5. The molecule has 0 amide bonds. The van der Waals surface area contributed by atoms with Crippen molar-refractivity contribution in [2.75, 3.05) is 23.4 Å². The monoisotopic (exact) mass is 423 g/mol. The summed E-state index contributed by atoms with van der Waals surface area (Å²) < 4.78 is 30.9. The first kappa shape index (κ1) is 21.4. The largest absolute Gasteiger partial charge is 0.494 e. The Kier molecular flexibility index (Phi) is 6.42. The molecule has 1 aromatic heterocycles. The third-order valence-electron chi connectivity index (χ3n) is 4.35. The van der Waals surface area contributed by atoms with Crippen molar-refractivity contribution in [1.29, 1.82) is 0 Å². The summed E-state index contributed by atoms with van der Waals surface area (Å²) in [5.74, 6) is 0.527. The van der Waals surface area contributed by atoms with Gasteiger partial charge < -0.3 is 10.1 Å². The summed E-state index contributed by atoms with van der Waals surface area (Å²) in [7, 11) is -1.82. The number of para-hydroxylation sites is 2. The molecule has 0 aliphatic carbocycles. The summed E-state index contributed by atoms with van der Waals surface area (Å²) in [6, 6.07) is 21.0. The van der Waals surface area contributed by atoms with Gasteiger partial charge in [-0.3, -0.25) is 4.72 Å². The van der Waals surface area contributed by atoms with Crippen LogP contribution in [-0.4, -0.2) is 26.8 Å².